The van der Waals surface area contributed by atoms with Crippen LogP contribution < -0.4 is 10.6 Å². The summed E-state index contributed by atoms with van der Waals surface area (Å²) in [6.07, 6.45) is 6.51. The minimum Gasteiger partial charge on any atom is -0.481 e. The van der Waals surface area contributed by atoms with Crippen molar-refractivity contribution in [1.82, 2.24) is 10.6 Å². The van der Waals surface area contributed by atoms with E-state index in [4.69, 9.17) is 25.5 Å². The highest BCUT2D eigenvalue weighted by Gasteiger charge is 2.58. The number of rotatable bonds is 16. The van der Waals surface area contributed by atoms with Gasteiger partial charge in [0.2, 0.25) is 0 Å². The van der Waals surface area contributed by atoms with E-state index in [0.717, 1.165) is 51.4 Å². The van der Waals surface area contributed by atoms with E-state index in [2.05, 4.69) is 66.0 Å². The lowest BCUT2D eigenvalue weighted by molar-refractivity contribution is -0.170. The molecule has 2 heterocycles. The van der Waals surface area contributed by atoms with Crippen LogP contribution in [0.4, 0.5) is 0 Å². The average molecular weight is 673 g/mol. The fraction of sp³-hybridized carbons (Fsp3) is 0.853. The predicted molar refractivity (Wildman–Crippen MR) is 175 cm³/mol. The molecule has 0 unspecified atom stereocenters. The molecular formula is C34H60N2O11. The predicted octanol–water partition coefficient (Wildman–Crippen LogP) is 4.74. The van der Waals surface area contributed by atoms with Crippen LogP contribution in [0, 0.1) is 17.3 Å². The summed E-state index contributed by atoms with van der Waals surface area (Å²) in [5.41, 5.74) is -3.93. The Kier molecular flexibility index (Phi) is 14.5. The Labute approximate surface area is 278 Å². The molecule has 2 aliphatic rings. The highest BCUT2D eigenvalue weighted by molar-refractivity contribution is 5.88. The van der Waals surface area contributed by atoms with Crippen LogP contribution in [0.1, 0.15) is 139 Å². The van der Waals surface area contributed by atoms with Gasteiger partial charge in [-0.05, 0) is 106 Å². The van der Waals surface area contributed by atoms with E-state index in [-0.39, 0.29) is 40.4 Å². The first-order chi connectivity index (χ1) is 21.2. The van der Waals surface area contributed by atoms with E-state index in [0.29, 0.717) is 12.8 Å². The van der Waals surface area contributed by atoms with Gasteiger partial charge in [0, 0.05) is 28.6 Å². The molecule has 0 bridgehead atoms. The molecule has 2 saturated heterocycles. The number of hydrogen-bond donors (Lipinski definition) is 8. The van der Waals surface area contributed by atoms with Crippen LogP contribution in [-0.4, -0.2) is 88.2 Å². The van der Waals surface area contributed by atoms with Gasteiger partial charge >= 0.3 is 29.8 Å². The third-order valence-corrected chi connectivity index (χ3v) is 9.50. The van der Waals surface area contributed by atoms with Crippen molar-refractivity contribution in [3.05, 3.63) is 0 Å². The Bertz CT molecular complexity index is 1040. The molecule has 0 atom stereocenters. The largest absolute Gasteiger partial charge is 0.481 e. The fourth-order valence-electron chi connectivity index (χ4n) is 8.51. The summed E-state index contributed by atoms with van der Waals surface area (Å²) in [6, 6.07) is 0. The van der Waals surface area contributed by atoms with Crippen molar-refractivity contribution in [2.45, 2.75) is 167 Å². The van der Waals surface area contributed by atoms with Gasteiger partial charge in [0.25, 0.3) is 0 Å². The number of carboxylic acids is 5. The molecule has 2 rings (SSSR count). The van der Waals surface area contributed by atoms with Crippen molar-refractivity contribution in [2.75, 3.05) is 0 Å². The average Bonchev–Trinajstić information content (AvgIpc) is 2.80. The lowest BCUT2D eigenvalue weighted by Crippen LogP contribution is -2.65. The lowest BCUT2D eigenvalue weighted by Gasteiger charge is -2.57. The van der Waals surface area contributed by atoms with Crippen molar-refractivity contribution in [3.8, 4) is 0 Å². The summed E-state index contributed by atoms with van der Waals surface area (Å²) < 4.78 is 0. The Morgan fingerprint density at radius 2 is 0.894 bits per heavy atom. The number of piperidine rings is 2. The number of hydrogen-bond acceptors (Lipinski definition) is 8. The van der Waals surface area contributed by atoms with Crippen molar-refractivity contribution in [3.63, 3.8) is 0 Å². The van der Waals surface area contributed by atoms with E-state index in [1.807, 2.05) is 0 Å². The lowest BCUT2D eigenvalue weighted by atomic mass is 9.52. The second-order valence-corrected chi connectivity index (χ2v) is 16.5. The van der Waals surface area contributed by atoms with Gasteiger partial charge in [-0.1, -0.05) is 25.7 Å². The number of carboxylic acid groups (broad SMARTS) is 5. The van der Waals surface area contributed by atoms with E-state index < -0.39 is 53.7 Å². The Morgan fingerprint density at radius 1 is 0.553 bits per heavy atom. The molecule has 0 aromatic carbocycles. The quantitative estimate of drug-likeness (QED) is 0.104. The zero-order chi connectivity index (χ0) is 36.6. The molecule has 47 heavy (non-hydrogen) atoms. The summed E-state index contributed by atoms with van der Waals surface area (Å²) >= 11 is 0. The van der Waals surface area contributed by atoms with Crippen molar-refractivity contribution >= 4 is 29.8 Å². The molecule has 0 aromatic rings. The first kappa shape index (κ1) is 42.3. The number of unbranched alkanes of at least 4 members (excludes halogenated alkanes) is 4. The second-order valence-electron chi connectivity index (χ2n) is 16.5. The summed E-state index contributed by atoms with van der Waals surface area (Å²) in [4.78, 5) is 54.7. The van der Waals surface area contributed by atoms with Crippen LogP contribution in [-0.2, 0) is 24.0 Å². The molecule has 0 saturated carbocycles. The van der Waals surface area contributed by atoms with E-state index >= 15 is 0 Å². The summed E-state index contributed by atoms with van der Waals surface area (Å²) in [7, 11) is 0. The van der Waals surface area contributed by atoms with E-state index in [1.54, 1.807) is 0 Å². The molecule has 0 spiro atoms. The van der Waals surface area contributed by atoms with Crippen molar-refractivity contribution in [1.29, 1.82) is 0 Å². The van der Waals surface area contributed by atoms with Crippen LogP contribution in [0.25, 0.3) is 0 Å². The second kappa shape index (κ2) is 16.1. The number of carbonyl (C=O) groups is 5. The molecule has 2 fully saturated rings. The topological polar surface area (TPSA) is 231 Å². The third kappa shape index (κ3) is 13.3. The third-order valence-electron chi connectivity index (χ3n) is 9.50. The number of nitrogens with one attached hydrogen (secondary N) is 2. The van der Waals surface area contributed by atoms with Crippen LogP contribution >= 0.6 is 0 Å². The maximum atomic E-state index is 13.4. The molecule has 272 valence electrons. The molecule has 2 aliphatic heterocycles. The summed E-state index contributed by atoms with van der Waals surface area (Å²) in [5.74, 6) is -6.15. The SMILES string of the molecule is CC1(C)CC(C(CCCCCCCC(=O)O)(C(=O)O)C2CC(C)(C)NC(C)(C)C2)CC(C)(C)N1.O=C(O)CC(O)(CC(=O)O)C(=O)O. The normalized spacial score (nSPS) is 20.8. The monoisotopic (exact) mass is 672 g/mol. The van der Waals surface area contributed by atoms with Crippen LogP contribution in [0.5, 0.6) is 0 Å². The van der Waals surface area contributed by atoms with E-state index in [1.165, 1.54) is 0 Å². The fourth-order valence-corrected chi connectivity index (χ4v) is 8.51. The Balaban J connectivity index is 0.000000716. The first-order valence-corrected chi connectivity index (χ1v) is 16.6. The highest BCUT2D eigenvalue weighted by atomic mass is 16.4. The molecule has 0 radical (unpaired) electrons. The molecular weight excluding hydrogens is 612 g/mol. The molecule has 8 N–H and O–H groups in total. The summed E-state index contributed by atoms with van der Waals surface area (Å²) in [5, 5.41) is 61.2. The Hall–Kier alpha value is -2.77. The molecule has 0 amide bonds. The van der Waals surface area contributed by atoms with Crippen LogP contribution in [0.15, 0.2) is 0 Å². The standard InChI is InChI=1S/C28H52N2O4.C6H8O7/c1-24(2)16-20(17-25(3,4)29-24)28(23(33)34,15-13-11-9-10-12-14-22(31)32)21-18-26(5,6)30-27(7,8)19-21;7-3(8)1-6(13,5(11)12)2-4(9)10/h20-21,29-30H,9-19H2,1-8H3,(H,31,32)(H,33,34);13H,1-2H2,(H,7,8)(H,9,10)(H,11,12). The van der Waals surface area contributed by atoms with Crippen LogP contribution in [0.3, 0.4) is 0 Å². The number of aliphatic carboxylic acids is 5. The number of aliphatic hydroxyl groups is 1. The van der Waals surface area contributed by atoms with Gasteiger partial charge in [-0.2, -0.15) is 0 Å². The molecule has 0 aliphatic carbocycles. The smallest absolute Gasteiger partial charge is 0.336 e. The Morgan fingerprint density at radius 3 is 1.19 bits per heavy atom. The maximum absolute atomic E-state index is 13.4. The van der Waals surface area contributed by atoms with Crippen molar-refractivity contribution < 1.29 is 54.6 Å². The van der Waals surface area contributed by atoms with Gasteiger partial charge < -0.3 is 41.3 Å². The zero-order valence-electron chi connectivity index (χ0n) is 29.6. The van der Waals surface area contributed by atoms with Gasteiger partial charge in [0.15, 0.2) is 5.60 Å². The van der Waals surface area contributed by atoms with Gasteiger partial charge in [-0.3, -0.25) is 19.2 Å². The van der Waals surface area contributed by atoms with Crippen molar-refractivity contribution in [2.24, 2.45) is 17.3 Å². The molecule has 13 heteroatoms. The minimum atomic E-state index is -2.74. The molecule has 13 nitrogen and oxygen atoms in total. The van der Waals surface area contributed by atoms with Gasteiger partial charge in [-0.15, -0.1) is 0 Å². The van der Waals surface area contributed by atoms with Gasteiger partial charge in [0.1, 0.15) is 0 Å². The zero-order valence-corrected chi connectivity index (χ0v) is 29.6. The van der Waals surface area contributed by atoms with E-state index in [9.17, 15) is 29.1 Å². The van der Waals surface area contributed by atoms with Crippen LogP contribution in [0.2, 0.25) is 0 Å². The molecule has 0 aromatic heterocycles. The highest BCUT2D eigenvalue weighted by Crippen LogP contribution is 2.55. The first-order valence-electron chi connectivity index (χ1n) is 16.6. The van der Waals surface area contributed by atoms with Gasteiger partial charge in [-0.25, -0.2) is 4.79 Å². The maximum Gasteiger partial charge on any atom is 0.336 e. The summed E-state index contributed by atoms with van der Waals surface area (Å²) in [6.45, 7) is 17.7. The minimum absolute atomic E-state index is 0.109. The van der Waals surface area contributed by atoms with Gasteiger partial charge in [0.05, 0.1) is 18.3 Å².